The molecule has 3 heteroatoms. The highest BCUT2D eigenvalue weighted by Crippen LogP contribution is 2.33. The van der Waals surface area contributed by atoms with E-state index in [2.05, 4.69) is 75.8 Å². The van der Waals surface area contributed by atoms with Crippen LogP contribution in [0.4, 0.5) is 0 Å². The molecule has 0 bridgehead atoms. The van der Waals surface area contributed by atoms with Gasteiger partial charge in [-0.3, -0.25) is 0 Å². The Morgan fingerprint density at radius 2 is 1.46 bits per heavy atom. The van der Waals surface area contributed by atoms with Gasteiger partial charge in [-0.2, -0.15) is 0 Å². The number of rotatable bonds is 6. The van der Waals surface area contributed by atoms with Crippen LogP contribution in [0.2, 0.25) is 0 Å². The van der Waals surface area contributed by atoms with Crippen LogP contribution in [-0.2, 0) is 6.42 Å². The Morgan fingerprint density at radius 3 is 2.29 bits per heavy atom. The lowest BCUT2D eigenvalue weighted by atomic mass is 9.89. The zero-order valence-electron chi connectivity index (χ0n) is 16.5. The Balaban J connectivity index is 1.10. The molecule has 2 aromatic carbocycles. The van der Waals surface area contributed by atoms with E-state index in [4.69, 9.17) is 0 Å². The molecule has 5 rings (SSSR count). The third-order valence-corrected chi connectivity index (χ3v) is 6.49. The number of para-hydroxylation sites is 2. The Labute approximate surface area is 166 Å². The summed E-state index contributed by atoms with van der Waals surface area (Å²) in [7, 11) is 0. The standard InChI is InChI=1S/C25H29N3/c1-3-10-24-21(8-1)20(17-26-24)7-5-6-14-28-15-12-19(13-16-28)23-18-27-25-11-4-2-9-22(23)25/h1-4,8-11,17-19,26-27H,5-7,12-16H2. The molecule has 0 aliphatic carbocycles. The van der Waals surface area contributed by atoms with E-state index in [0.717, 1.165) is 0 Å². The maximum absolute atomic E-state index is 3.45. The Morgan fingerprint density at radius 1 is 0.786 bits per heavy atom. The highest BCUT2D eigenvalue weighted by molar-refractivity contribution is 5.84. The van der Waals surface area contributed by atoms with E-state index >= 15 is 0 Å². The first kappa shape index (κ1) is 17.6. The normalized spacial score (nSPS) is 16.3. The number of piperidine rings is 1. The van der Waals surface area contributed by atoms with Crippen molar-refractivity contribution in [2.75, 3.05) is 19.6 Å². The van der Waals surface area contributed by atoms with Crippen molar-refractivity contribution in [2.45, 2.75) is 38.0 Å². The van der Waals surface area contributed by atoms with Gasteiger partial charge in [-0.25, -0.2) is 0 Å². The van der Waals surface area contributed by atoms with Gasteiger partial charge in [0.2, 0.25) is 0 Å². The van der Waals surface area contributed by atoms with E-state index in [0.29, 0.717) is 5.92 Å². The number of fused-ring (bicyclic) bond motifs is 2. The number of unbranched alkanes of at least 4 members (excludes halogenated alkanes) is 1. The number of benzene rings is 2. The minimum atomic E-state index is 0.707. The molecule has 0 radical (unpaired) electrons. The molecule has 3 heterocycles. The first-order valence-electron chi connectivity index (χ1n) is 10.7. The van der Waals surface area contributed by atoms with Gasteiger partial charge in [0, 0.05) is 34.2 Å². The third-order valence-electron chi connectivity index (χ3n) is 6.49. The quantitative estimate of drug-likeness (QED) is 0.410. The molecule has 28 heavy (non-hydrogen) atoms. The largest absolute Gasteiger partial charge is 0.361 e. The molecule has 0 unspecified atom stereocenters. The molecule has 1 aliphatic rings. The highest BCUT2D eigenvalue weighted by Gasteiger charge is 2.22. The van der Waals surface area contributed by atoms with Crippen LogP contribution in [0, 0.1) is 0 Å². The van der Waals surface area contributed by atoms with Crippen molar-refractivity contribution >= 4 is 21.8 Å². The Kier molecular flexibility index (Phi) is 4.92. The Hall–Kier alpha value is -2.52. The van der Waals surface area contributed by atoms with Crippen molar-refractivity contribution < 1.29 is 0 Å². The van der Waals surface area contributed by atoms with Gasteiger partial charge >= 0.3 is 0 Å². The first-order valence-corrected chi connectivity index (χ1v) is 10.7. The van der Waals surface area contributed by atoms with Crippen molar-refractivity contribution in [3.63, 3.8) is 0 Å². The van der Waals surface area contributed by atoms with Gasteiger partial charge < -0.3 is 14.9 Å². The molecule has 144 valence electrons. The van der Waals surface area contributed by atoms with E-state index in [9.17, 15) is 0 Å². The van der Waals surface area contributed by atoms with Gasteiger partial charge in [-0.15, -0.1) is 0 Å². The number of aryl methyl sites for hydroxylation is 1. The van der Waals surface area contributed by atoms with Crippen LogP contribution in [0.15, 0.2) is 60.9 Å². The number of hydrogen-bond donors (Lipinski definition) is 2. The first-order chi connectivity index (χ1) is 13.9. The summed E-state index contributed by atoms with van der Waals surface area (Å²) in [6, 6.07) is 17.3. The highest BCUT2D eigenvalue weighted by atomic mass is 15.1. The van der Waals surface area contributed by atoms with Crippen LogP contribution in [0.1, 0.15) is 42.7 Å². The molecule has 0 atom stereocenters. The molecule has 0 spiro atoms. The van der Waals surface area contributed by atoms with Crippen LogP contribution in [-0.4, -0.2) is 34.5 Å². The SMILES string of the molecule is c1ccc2c(CCCCN3CCC(c4c[nH]c5ccccc45)CC3)c[nH]c2c1. The molecule has 0 amide bonds. The second kappa shape index (κ2) is 7.84. The van der Waals surface area contributed by atoms with Gasteiger partial charge in [-0.05, 0) is 80.9 Å². The van der Waals surface area contributed by atoms with E-state index in [1.807, 2.05) is 0 Å². The van der Waals surface area contributed by atoms with E-state index in [-0.39, 0.29) is 0 Å². The lowest BCUT2D eigenvalue weighted by Gasteiger charge is -2.32. The van der Waals surface area contributed by atoms with E-state index in [1.165, 1.54) is 84.7 Å². The lowest BCUT2D eigenvalue weighted by Crippen LogP contribution is -2.33. The summed E-state index contributed by atoms with van der Waals surface area (Å²) in [5.41, 5.74) is 5.53. The topological polar surface area (TPSA) is 34.8 Å². The van der Waals surface area contributed by atoms with Crippen molar-refractivity contribution in [3.05, 3.63) is 72.1 Å². The average molecular weight is 372 g/mol. The molecule has 0 saturated carbocycles. The molecule has 1 aliphatic heterocycles. The molecular formula is C25H29N3. The number of H-pyrrole nitrogens is 2. The predicted molar refractivity (Wildman–Crippen MR) is 118 cm³/mol. The molecule has 2 N–H and O–H groups in total. The number of nitrogens with one attached hydrogen (secondary N) is 2. The molecule has 1 fully saturated rings. The summed E-state index contributed by atoms with van der Waals surface area (Å²) in [6.45, 7) is 3.71. The third kappa shape index (κ3) is 3.47. The van der Waals surface area contributed by atoms with Gasteiger partial charge in [0.25, 0.3) is 0 Å². The minimum Gasteiger partial charge on any atom is -0.361 e. The number of likely N-dealkylation sites (tertiary alicyclic amines) is 1. The van der Waals surface area contributed by atoms with Crippen molar-refractivity contribution in [1.82, 2.24) is 14.9 Å². The number of hydrogen-bond acceptors (Lipinski definition) is 1. The fourth-order valence-corrected chi connectivity index (χ4v) is 4.89. The number of aromatic amines is 2. The summed E-state index contributed by atoms with van der Waals surface area (Å²) < 4.78 is 0. The van der Waals surface area contributed by atoms with Crippen LogP contribution in [0.25, 0.3) is 21.8 Å². The van der Waals surface area contributed by atoms with Crippen molar-refractivity contribution in [1.29, 1.82) is 0 Å². The number of aromatic nitrogens is 2. The predicted octanol–water partition coefficient (Wildman–Crippen LogP) is 5.85. The second-order valence-corrected chi connectivity index (χ2v) is 8.22. The van der Waals surface area contributed by atoms with Crippen LogP contribution < -0.4 is 0 Å². The summed E-state index contributed by atoms with van der Waals surface area (Å²) in [5.74, 6) is 0.707. The van der Waals surface area contributed by atoms with Crippen molar-refractivity contribution in [2.24, 2.45) is 0 Å². The summed E-state index contributed by atoms with van der Waals surface area (Å²) in [6.07, 6.45) is 10.7. The summed E-state index contributed by atoms with van der Waals surface area (Å²) in [5, 5.41) is 2.81. The zero-order chi connectivity index (χ0) is 18.8. The van der Waals surface area contributed by atoms with Crippen LogP contribution in [0.5, 0.6) is 0 Å². The molecule has 2 aromatic heterocycles. The smallest absolute Gasteiger partial charge is 0.0456 e. The zero-order valence-corrected chi connectivity index (χ0v) is 16.5. The molecule has 1 saturated heterocycles. The van der Waals surface area contributed by atoms with Gasteiger partial charge in [0.05, 0.1) is 0 Å². The van der Waals surface area contributed by atoms with Crippen molar-refractivity contribution in [3.8, 4) is 0 Å². The molecule has 4 aromatic rings. The monoisotopic (exact) mass is 371 g/mol. The maximum Gasteiger partial charge on any atom is 0.0456 e. The van der Waals surface area contributed by atoms with Crippen LogP contribution in [0.3, 0.4) is 0 Å². The van der Waals surface area contributed by atoms with E-state index in [1.54, 1.807) is 0 Å². The average Bonchev–Trinajstić information content (AvgIpc) is 3.36. The van der Waals surface area contributed by atoms with Crippen LogP contribution >= 0.6 is 0 Å². The maximum atomic E-state index is 3.45. The summed E-state index contributed by atoms with van der Waals surface area (Å²) in [4.78, 5) is 9.51. The van der Waals surface area contributed by atoms with E-state index < -0.39 is 0 Å². The summed E-state index contributed by atoms with van der Waals surface area (Å²) >= 11 is 0. The fraction of sp³-hybridized carbons (Fsp3) is 0.360. The van der Waals surface area contributed by atoms with Gasteiger partial charge in [0.1, 0.15) is 0 Å². The number of nitrogens with zero attached hydrogens (tertiary/aromatic N) is 1. The molecule has 3 nitrogen and oxygen atoms in total. The fourth-order valence-electron chi connectivity index (χ4n) is 4.89. The second-order valence-electron chi connectivity index (χ2n) is 8.22. The minimum absolute atomic E-state index is 0.707. The van der Waals surface area contributed by atoms with Gasteiger partial charge in [0.15, 0.2) is 0 Å². The lowest BCUT2D eigenvalue weighted by molar-refractivity contribution is 0.209. The Bertz CT molecular complexity index is 1050. The molecular weight excluding hydrogens is 342 g/mol. The van der Waals surface area contributed by atoms with Gasteiger partial charge in [-0.1, -0.05) is 36.4 Å².